The molecule has 2 aliphatic rings. The predicted molar refractivity (Wildman–Crippen MR) is 63.3 cm³/mol. The molecule has 2 saturated heterocycles. The van der Waals surface area contributed by atoms with Gasteiger partial charge < -0.3 is 9.64 Å². The van der Waals surface area contributed by atoms with Crippen LogP contribution in [0.4, 0.5) is 4.39 Å². The van der Waals surface area contributed by atoms with Crippen LogP contribution < -0.4 is 0 Å². The monoisotopic (exact) mass is 229 g/mol. The van der Waals surface area contributed by atoms with Gasteiger partial charge in [-0.3, -0.25) is 0 Å². The summed E-state index contributed by atoms with van der Waals surface area (Å²) in [6.45, 7) is 8.11. The molecule has 2 fully saturated rings. The fourth-order valence-corrected chi connectivity index (χ4v) is 2.96. The Bertz CT molecular complexity index is 224. The Kier molecular flexibility index (Phi) is 4.20. The molecule has 0 bridgehead atoms. The molecule has 16 heavy (non-hydrogen) atoms. The van der Waals surface area contributed by atoms with E-state index in [0.29, 0.717) is 18.9 Å². The van der Waals surface area contributed by atoms with E-state index in [1.54, 1.807) is 0 Å². The number of ether oxygens (including phenoxy) is 1. The van der Waals surface area contributed by atoms with Crippen LogP contribution in [-0.4, -0.2) is 43.4 Å². The van der Waals surface area contributed by atoms with Crippen molar-refractivity contribution in [2.45, 2.75) is 45.4 Å². The molecule has 0 aliphatic carbocycles. The number of alkyl halides is 1. The van der Waals surface area contributed by atoms with E-state index < -0.39 is 6.17 Å². The highest BCUT2D eigenvalue weighted by molar-refractivity contribution is 4.80. The molecule has 0 radical (unpaired) electrons. The molecule has 2 rings (SSSR count). The maximum atomic E-state index is 13.1. The van der Waals surface area contributed by atoms with Crippen molar-refractivity contribution in [2.75, 3.05) is 26.2 Å². The van der Waals surface area contributed by atoms with Gasteiger partial charge in [0.05, 0.1) is 12.7 Å². The zero-order valence-electron chi connectivity index (χ0n) is 10.5. The van der Waals surface area contributed by atoms with E-state index >= 15 is 0 Å². The van der Waals surface area contributed by atoms with Crippen molar-refractivity contribution in [3.8, 4) is 0 Å². The van der Waals surface area contributed by atoms with Gasteiger partial charge in [0.15, 0.2) is 0 Å². The number of halogens is 1. The Balaban J connectivity index is 1.80. The largest absolute Gasteiger partial charge is 0.374 e. The van der Waals surface area contributed by atoms with Gasteiger partial charge in [0.2, 0.25) is 0 Å². The third-order valence-corrected chi connectivity index (χ3v) is 3.93. The fraction of sp³-hybridized carbons (Fsp3) is 1.00. The third-order valence-electron chi connectivity index (χ3n) is 3.93. The number of hydrogen-bond donors (Lipinski definition) is 0. The first-order valence-corrected chi connectivity index (χ1v) is 6.63. The summed E-state index contributed by atoms with van der Waals surface area (Å²) in [5.41, 5.74) is 0. The molecule has 0 saturated carbocycles. The predicted octanol–water partition coefficient (Wildman–Crippen LogP) is 2.48. The lowest BCUT2D eigenvalue weighted by Crippen LogP contribution is -2.45. The normalized spacial score (nSPS) is 42.2. The summed E-state index contributed by atoms with van der Waals surface area (Å²) < 4.78 is 18.7. The molecule has 0 aromatic carbocycles. The molecule has 2 heterocycles. The van der Waals surface area contributed by atoms with Crippen LogP contribution in [0.5, 0.6) is 0 Å². The molecule has 0 aromatic rings. The number of rotatable bonds is 2. The van der Waals surface area contributed by atoms with E-state index in [0.717, 1.165) is 12.5 Å². The van der Waals surface area contributed by atoms with Gasteiger partial charge in [0.1, 0.15) is 6.17 Å². The molecule has 0 unspecified atom stereocenters. The lowest BCUT2D eigenvalue weighted by Gasteiger charge is -2.38. The summed E-state index contributed by atoms with van der Waals surface area (Å²) in [6, 6.07) is 0. The van der Waals surface area contributed by atoms with Crippen molar-refractivity contribution < 1.29 is 9.13 Å². The van der Waals surface area contributed by atoms with Crippen molar-refractivity contribution in [3.05, 3.63) is 0 Å². The lowest BCUT2D eigenvalue weighted by atomic mass is 9.93. The van der Waals surface area contributed by atoms with Crippen LogP contribution in [0.15, 0.2) is 0 Å². The van der Waals surface area contributed by atoms with Crippen LogP contribution in [0.3, 0.4) is 0 Å². The van der Waals surface area contributed by atoms with Crippen LogP contribution >= 0.6 is 0 Å². The topological polar surface area (TPSA) is 12.5 Å². The maximum Gasteiger partial charge on any atom is 0.124 e. The molecule has 94 valence electrons. The van der Waals surface area contributed by atoms with E-state index in [4.69, 9.17) is 4.74 Å². The Morgan fingerprint density at radius 3 is 2.88 bits per heavy atom. The van der Waals surface area contributed by atoms with Crippen LogP contribution in [0, 0.1) is 11.8 Å². The molecule has 0 spiro atoms. The lowest BCUT2D eigenvalue weighted by molar-refractivity contribution is -0.0752. The SMILES string of the molecule is C[C@H]1CCCN(C[C@H]2OC[C@H](F)C[C@@H]2C)C1. The average Bonchev–Trinajstić information content (AvgIpc) is 2.22. The van der Waals surface area contributed by atoms with E-state index in [-0.39, 0.29) is 6.10 Å². The molecule has 2 aliphatic heterocycles. The average molecular weight is 229 g/mol. The van der Waals surface area contributed by atoms with Crippen molar-refractivity contribution in [1.29, 1.82) is 0 Å². The van der Waals surface area contributed by atoms with Crippen molar-refractivity contribution in [1.82, 2.24) is 4.90 Å². The molecule has 3 heteroatoms. The van der Waals surface area contributed by atoms with Gasteiger partial charge >= 0.3 is 0 Å². The quantitative estimate of drug-likeness (QED) is 0.721. The number of nitrogens with zero attached hydrogens (tertiary/aromatic N) is 1. The van der Waals surface area contributed by atoms with Gasteiger partial charge in [-0.25, -0.2) is 4.39 Å². The minimum absolute atomic E-state index is 0.247. The second-order valence-electron chi connectivity index (χ2n) is 5.69. The second kappa shape index (κ2) is 5.46. The van der Waals surface area contributed by atoms with Gasteiger partial charge in [0, 0.05) is 13.1 Å². The van der Waals surface area contributed by atoms with Gasteiger partial charge in [-0.15, -0.1) is 0 Å². The molecule has 0 amide bonds. The summed E-state index contributed by atoms with van der Waals surface area (Å²) >= 11 is 0. The molecular formula is C13H24FNO. The van der Waals surface area contributed by atoms with Gasteiger partial charge in [-0.2, -0.15) is 0 Å². The zero-order valence-corrected chi connectivity index (χ0v) is 10.5. The van der Waals surface area contributed by atoms with E-state index in [2.05, 4.69) is 18.7 Å². The zero-order chi connectivity index (χ0) is 11.5. The summed E-state index contributed by atoms with van der Waals surface area (Å²) in [5, 5.41) is 0. The highest BCUT2D eigenvalue weighted by Gasteiger charge is 2.30. The Labute approximate surface area is 98.1 Å². The summed E-state index contributed by atoms with van der Waals surface area (Å²) in [5.74, 6) is 1.17. The molecule has 0 aromatic heterocycles. The standard InChI is InChI=1S/C13H24FNO/c1-10-4-3-5-15(7-10)8-13-11(2)6-12(14)9-16-13/h10-13H,3-9H2,1-2H3/t10-,11-,12+,13+/m0/s1. The summed E-state index contributed by atoms with van der Waals surface area (Å²) in [4.78, 5) is 2.49. The van der Waals surface area contributed by atoms with Crippen LogP contribution in [0.25, 0.3) is 0 Å². The summed E-state index contributed by atoms with van der Waals surface area (Å²) in [7, 11) is 0. The minimum atomic E-state index is -0.744. The Morgan fingerprint density at radius 1 is 1.38 bits per heavy atom. The van der Waals surface area contributed by atoms with Crippen molar-refractivity contribution in [2.24, 2.45) is 11.8 Å². The first-order chi connectivity index (χ1) is 7.65. The van der Waals surface area contributed by atoms with Crippen LogP contribution in [0.1, 0.15) is 33.1 Å². The third kappa shape index (κ3) is 3.17. The molecule has 2 nitrogen and oxygen atoms in total. The van der Waals surface area contributed by atoms with Crippen molar-refractivity contribution >= 4 is 0 Å². The number of hydrogen-bond acceptors (Lipinski definition) is 2. The van der Waals surface area contributed by atoms with Gasteiger partial charge in [0.25, 0.3) is 0 Å². The highest BCUT2D eigenvalue weighted by Crippen LogP contribution is 2.25. The van der Waals surface area contributed by atoms with Gasteiger partial charge in [-0.05, 0) is 37.6 Å². The molecule has 0 N–H and O–H groups in total. The highest BCUT2D eigenvalue weighted by atomic mass is 19.1. The Morgan fingerprint density at radius 2 is 2.19 bits per heavy atom. The molecular weight excluding hydrogens is 205 g/mol. The summed E-state index contributed by atoms with van der Waals surface area (Å²) in [6.07, 6.45) is 2.83. The minimum Gasteiger partial charge on any atom is -0.374 e. The number of piperidine rings is 1. The number of likely N-dealkylation sites (tertiary alicyclic amines) is 1. The smallest absolute Gasteiger partial charge is 0.124 e. The first-order valence-electron chi connectivity index (χ1n) is 6.63. The van der Waals surface area contributed by atoms with E-state index in [1.807, 2.05) is 0 Å². The second-order valence-corrected chi connectivity index (χ2v) is 5.69. The van der Waals surface area contributed by atoms with Gasteiger partial charge in [-0.1, -0.05) is 13.8 Å². The molecule has 4 atom stereocenters. The first kappa shape index (κ1) is 12.3. The van der Waals surface area contributed by atoms with Crippen molar-refractivity contribution in [3.63, 3.8) is 0 Å². The van der Waals surface area contributed by atoms with Crippen LogP contribution in [-0.2, 0) is 4.74 Å². The Hall–Kier alpha value is -0.150. The maximum absolute atomic E-state index is 13.1. The van der Waals surface area contributed by atoms with Crippen LogP contribution in [0.2, 0.25) is 0 Å². The fourth-order valence-electron chi connectivity index (χ4n) is 2.96. The van der Waals surface area contributed by atoms with E-state index in [9.17, 15) is 4.39 Å². The van der Waals surface area contributed by atoms with E-state index in [1.165, 1.54) is 25.9 Å².